The molecule has 0 amide bonds. The number of H-pyrrole nitrogens is 1. The first-order valence-corrected chi connectivity index (χ1v) is 9.88. The number of rotatable bonds is 7. The van der Waals surface area contributed by atoms with E-state index in [4.69, 9.17) is 33.3 Å². The van der Waals surface area contributed by atoms with Gasteiger partial charge >= 0.3 is 0 Å². The Hall–Kier alpha value is -2.03. The van der Waals surface area contributed by atoms with E-state index in [1.807, 2.05) is 22.8 Å². The van der Waals surface area contributed by atoms with Crippen molar-refractivity contribution in [3.05, 3.63) is 63.4 Å². The number of nitrogens with one attached hydrogen (secondary N) is 1. The maximum atomic E-state index is 13.2. The van der Waals surface area contributed by atoms with E-state index >= 15 is 0 Å². The number of aromatic amines is 1. The molecule has 3 rings (SSSR count). The molecule has 0 fully saturated rings. The van der Waals surface area contributed by atoms with Gasteiger partial charge in [-0.15, -0.1) is 11.8 Å². The molecule has 0 unspecified atom stereocenters. The van der Waals surface area contributed by atoms with Crippen molar-refractivity contribution in [2.24, 2.45) is 0 Å². The second-order valence-corrected chi connectivity index (χ2v) is 7.33. The molecule has 1 heterocycles. The van der Waals surface area contributed by atoms with Crippen LogP contribution < -0.4 is 9.47 Å². The van der Waals surface area contributed by atoms with Gasteiger partial charge in [0.1, 0.15) is 11.6 Å². The third kappa shape index (κ3) is 4.45. The van der Waals surface area contributed by atoms with Crippen LogP contribution in [0.4, 0.5) is 4.39 Å². The van der Waals surface area contributed by atoms with Crippen LogP contribution in [0.3, 0.4) is 0 Å². The fraction of sp³-hybridized carbons (Fsp3) is 0.222. The summed E-state index contributed by atoms with van der Waals surface area (Å²) in [7, 11) is 3.17. The van der Waals surface area contributed by atoms with Crippen LogP contribution in [0.1, 0.15) is 11.4 Å². The van der Waals surface area contributed by atoms with Gasteiger partial charge in [0.2, 0.25) is 0 Å². The standard InChI is InChI=1S/C18H17ClFN3O2S2/c1-24-15-6-5-13(8-16(15)25-2)23-17(21-22-18(23)26)10-27-9-11-3-4-12(20)7-14(11)19/h3-8H,9-10H2,1-2H3,(H,22,26). The molecule has 2 aromatic carbocycles. The topological polar surface area (TPSA) is 52.1 Å². The predicted octanol–water partition coefficient (Wildman–Crippen LogP) is 5.17. The molecule has 0 atom stereocenters. The Morgan fingerprint density at radius 2 is 1.93 bits per heavy atom. The number of ether oxygens (including phenoxy) is 2. The summed E-state index contributed by atoms with van der Waals surface area (Å²) in [5.74, 6) is 2.88. The predicted molar refractivity (Wildman–Crippen MR) is 108 cm³/mol. The first kappa shape index (κ1) is 19.7. The van der Waals surface area contributed by atoms with Crippen LogP contribution >= 0.6 is 35.6 Å². The molecule has 5 nitrogen and oxygen atoms in total. The highest BCUT2D eigenvalue weighted by molar-refractivity contribution is 7.97. The Morgan fingerprint density at radius 1 is 1.15 bits per heavy atom. The molecule has 9 heteroatoms. The molecule has 0 spiro atoms. The SMILES string of the molecule is COc1ccc(-n2c(CSCc3ccc(F)cc3Cl)n[nH]c2=S)cc1OC. The van der Waals surface area contributed by atoms with Crippen molar-refractivity contribution in [2.75, 3.05) is 14.2 Å². The van der Waals surface area contributed by atoms with E-state index in [-0.39, 0.29) is 5.82 Å². The van der Waals surface area contributed by atoms with E-state index in [2.05, 4.69) is 10.2 Å². The number of hydrogen-bond acceptors (Lipinski definition) is 5. The minimum atomic E-state index is -0.344. The molecular weight excluding hydrogens is 409 g/mol. The molecular formula is C18H17ClFN3O2S2. The molecule has 0 radical (unpaired) electrons. The number of aromatic nitrogens is 3. The fourth-order valence-electron chi connectivity index (χ4n) is 2.55. The minimum absolute atomic E-state index is 0.344. The average Bonchev–Trinajstić information content (AvgIpc) is 3.03. The molecule has 0 aliphatic rings. The van der Waals surface area contributed by atoms with Gasteiger partial charge in [-0.2, -0.15) is 5.10 Å². The molecule has 3 aromatic rings. The summed E-state index contributed by atoms with van der Waals surface area (Å²) in [6.45, 7) is 0. The zero-order chi connectivity index (χ0) is 19.4. The molecule has 0 saturated heterocycles. The highest BCUT2D eigenvalue weighted by atomic mass is 35.5. The molecule has 0 saturated carbocycles. The molecule has 1 N–H and O–H groups in total. The van der Waals surface area contributed by atoms with Gasteiger partial charge in [0.25, 0.3) is 0 Å². The average molecular weight is 426 g/mol. The van der Waals surface area contributed by atoms with E-state index in [1.165, 1.54) is 12.1 Å². The summed E-state index contributed by atoms with van der Waals surface area (Å²) in [4.78, 5) is 0. The highest BCUT2D eigenvalue weighted by Gasteiger charge is 2.12. The van der Waals surface area contributed by atoms with E-state index in [9.17, 15) is 4.39 Å². The normalized spacial score (nSPS) is 10.8. The second-order valence-electron chi connectivity index (χ2n) is 5.55. The van der Waals surface area contributed by atoms with Crippen LogP contribution in [0.2, 0.25) is 5.02 Å². The van der Waals surface area contributed by atoms with Crippen molar-refractivity contribution in [1.82, 2.24) is 14.8 Å². The van der Waals surface area contributed by atoms with Gasteiger partial charge in [-0.3, -0.25) is 9.67 Å². The summed E-state index contributed by atoms with van der Waals surface area (Å²) in [6, 6.07) is 9.96. The third-order valence-electron chi connectivity index (χ3n) is 3.87. The molecule has 1 aromatic heterocycles. The quantitative estimate of drug-likeness (QED) is 0.529. The number of benzene rings is 2. The van der Waals surface area contributed by atoms with Crippen molar-refractivity contribution in [3.8, 4) is 17.2 Å². The first-order valence-electron chi connectivity index (χ1n) is 7.94. The van der Waals surface area contributed by atoms with Crippen molar-refractivity contribution in [1.29, 1.82) is 0 Å². The number of hydrogen-bond donors (Lipinski definition) is 1. The van der Waals surface area contributed by atoms with Crippen molar-refractivity contribution >= 4 is 35.6 Å². The van der Waals surface area contributed by atoms with Crippen LogP contribution in [0.5, 0.6) is 11.5 Å². The van der Waals surface area contributed by atoms with E-state index in [0.29, 0.717) is 32.8 Å². The molecule has 0 aliphatic carbocycles. The summed E-state index contributed by atoms with van der Waals surface area (Å²) in [5, 5.41) is 7.56. The van der Waals surface area contributed by atoms with Crippen molar-refractivity contribution in [3.63, 3.8) is 0 Å². The van der Waals surface area contributed by atoms with Crippen LogP contribution in [0.25, 0.3) is 5.69 Å². The van der Waals surface area contributed by atoms with Gasteiger partial charge in [0.15, 0.2) is 16.3 Å². The first-order chi connectivity index (χ1) is 13.0. The van der Waals surface area contributed by atoms with Crippen molar-refractivity contribution in [2.45, 2.75) is 11.5 Å². The monoisotopic (exact) mass is 425 g/mol. The number of methoxy groups -OCH3 is 2. The zero-order valence-electron chi connectivity index (χ0n) is 14.7. The lowest BCUT2D eigenvalue weighted by Gasteiger charge is -2.11. The molecule has 27 heavy (non-hydrogen) atoms. The Kier molecular flexibility index (Phi) is 6.41. The number of thioether (sulfide) groups is 1. The summed E-state index contributed by atoms with van der Waals surface area (Å²) in [5.41, 5.74) is 1.69. The Morgan fingerprint density at radius 3 is 2.63 bits per heavy atom. The van der Waals surface area contributed by atoms with Gasteiger partial charge in [-0.05, 0) is 42.0 Å². The van der Waals surface area contributed by atoms with E-state index in [1.54, 1.807) is 32.0 Å². The Bertz CT molecular complexity index is 1010. The van der Waals surface area contributed by atoms with Gasteiger partial charge in [0.05, 0.1) is 25.7 Å². The summed E-state index contributed by atoms with van der Waals surface area (Å²) < 4.78 is 26.1. The largest absolute Gasteiger partial charge is 0.493 e. The lowest BCUT2D eigenvalue weighted by atomic mass is 10.2. The fourth-order valence-corrected chi connectivity index (χ4v) is 4.07. The van der Waals surface area contributed by atoms with E-state index < -0.39 is 0 Å². The summed E-state index contributed by atoms with van der Waals surface area (Å²) >= 11 is 13.1. The zero-order valence-corrected chi connectivity index (χ0v) is 17.1. The van der Waals surface area contributed by atoms with Gasteiger partial charge in [-0.1, -0.05) is 17.7 Å². The Balaban J connectivity index is 1.80. The van der Waals surface area contributed by atoms with Crippen LogP contribution in [-0.2, 0) is 11.5 Å². The van der Waals surface area contributed by atoms with Gasteiger partial charge in [-0.25, -0.2) is 4.39 Å². The van der Waals surface area contributed by atoms with Crippen LogP contribution in [0.15, 0.2) is 36.4 Å². The number of halogens is 2. The minimum Gasteiger partial charge on any atom is -0.493 e. The van der Waals surface area contributed by atoms with Gasteiger partial charge < -0.3 is 9.47 Å². The summed E-state index contributed by atoms with van der Waals surface area (Å²) in [6.07, 6.45) is 0. The van der Waals surface area contributed by atoms with Crippen LogP contribution in [-0.4, -0.2) is 29.0 Å². The lowest BCUT2D eigenvalue weighted by Crippen LogP contribution is -2.02. The second kappa shape index (κ2) is 8.77. The highest BCUT2D eigenvalue weighted by Crippen LogP contribution is 2.30. The maximum Gasteiger partial charge on any atom is 0.199 e. The molecule has 0 aliphatic heterocycles. The molecule has 142 valence electrons. The van der Waals surface area contributed by atoms with Crippen LogP contribution in [0, 0.1) is 10.6 Å². The molecule has 0 bridgehead atoms. The maximum absolute atomic E-state index is 13.2. The Labute approximate surface area is 170 Å². The number of nitrogens with zero attached hydrogens (tertiary/aromatic N) is 2. The smallest absolute Gasteiger partial charge is 0.199 e. The van der Waals surface area contributed by atoms with Crippen molar-refractivity contribution < 1.29 is 13.9 Å². The van der Waals surface area contributed by atoms with Gasteiger partial charge in [0, 0.05) is 16.8 Å². The van der Waals surface area contributed by atoms with E-state index in [0.717, 1.165) is 17.1 Å². The lowest BCUT2D eigenvalue weighted by molar-refractivity contribution is 0.355. The third-order valence-corrected chi connectivity index (χ3v) is 5.47.